The fraction of sp³-hybridized carbons (Fsp3) is 0.458. The molecule has 10 nitrogen and oxygen atoms in total. The van der Waals surface area contributed by atoms with Crippen molar-refractivity contribution in [2.24, 2.45) is 0 Å². The lowest BCUT2D eigenvalue weighted by Crippen LogP contribution is -2.50. The number of halogens is 2. The maximum absolute atomic E-state index is 13.9. The highest BCUT2D eigenvalue weighted by Gasteiger charge is 2.45. The summed E-state index contributed by atoms with van der Waals surface area (Å²) < 4.78 is 63.8. The van der Waals surface area contributed by atoms with Crippen molar-refractivity contribution in [2.45, 2.75) is 96.2 Å². The minimum atomic E-state index is -2.12. The number of hydrogen-bond donors (Lipinski definition) is 0. The number of rotatable bonds is 19. The van der Waals surface area contributed by atoms with Crippen molar-refractivity contribution in [1.29, 1.82) is 0 Å². The molecule has 0 aliphatic carbocycles. The molecule has 2 atom stereocenters. The molecule has 1 fully saturated rings. The Kier molecular flexibility index (Phi) is 15.8. The molecule has 0 bridgehead atoms. The van der Waals surface area contributed by atoms with Crippen molar-refractivity contribution in [3.8, 4) is 17.2 Å². The van der Waals surface area contributed by atoms with Crippen molar-refractivity contribution in [3.05, 3.63) is 119 Å². The van der Waals surface area contributed by atoms with Crippen LogP contribution in [0.2, 0.25) is 16.6 Å². The molecule has 328 valence electrons. The predicted octanol–water partition coefficient (Wildman–Crippen LogP) is 10.4. The summed E-state index contributed by atoms with van der Waals surface area (Å²) in [4.78, 5) is 30.1. The first kappa shape index (κ1) is 45.5. The molecule has 0 aromatic heterocycles. The fourth-order valence-electron chi connectivity index (χ4n) is 8.87. The van der Waals surface area contributed by atoms with Gasteiger partial charge in [-0.2, -0.15) is 0 Å². The van der Waals surface area contributed by atoms with E-state index in [0.29, 0.717) is 79.5 Å². The number of likely N-dealkylation sites (tertiary alicyclic amines) is 1. The van der Waals surface area contributed by atoms with Crippen molar-refractivity contribution in [1.82, 2.24) is 4.90 Å². The molecule has 4 aromatic carbocycles. The minimum Gasteiger partial charge on any atom is -0.493 e. The van der Waals surface area contributed by atoms with Gasteiger partial charge in [0, 0.05) is 31.5 Å². The van der Waals surface area contributed by atoms with Crippen LogP contribution < -0.4 is 19.1 Å². The first-order chi connectivity index (χ1) is 29.3. The second kappa shape index (κ2) is 21.2. The van der Waals surface area contributed by atoms with Crippen LogP contribution in [0.3, 0.4) is 0 Å². The summed E-state index contributed by atoms with van der Waals surface area (Å²) in [5, 5.41) is 0. The lowest BCUT2D eigenvalue weighted by atomic mass is 9.87. The van der Waals surface area contributed by atoms with E-state index in [1.165, 1.54) is 0 Å². The highest BCUT2D eigenvalue weighted by Crippen LogP contribution is 2.42. The van der Waals surface area contributed by atoms with E-state index in [9.17, 15) is 18.4 Å². The standard InChI is InChI=1S/C48H60F2N2O8Si/c1-33(2)61(34(3)4,35(5)6)60-26-23-52-43-27-37(13-20-44(43)58-32-47(52)53)31-57-46-29-51(48(54)59-30-36-11-8-7-9-12-36)22-21-41(46)38-14-17-40(18-15-38)55-24-10-25-56-45-28-39(49)16-19-42(45)50/h7-9,11-20,27-28,33-35,41,46H,10,21-26,29-32H2,1-6H3. The molecule has 4 aromatic rings. The number of anilines is 1. The normalized spacial score (nSPS) is 16.8. The van der Waals surface area contributed by atoms with E-state index in [0.717, 1.165) is 34.9 Å². The molecule has 61 heavy (non-hydrogen) atoms. The van der Waals surface area contributed by atoms with Gasteiger partial charge in [-0.25, -0.2) is 13.6 Å². The van der Waals surface area contributed by atoms with Crippen molar-refractivity contribution in [3.63, 3.8) is 0 Å². The number of fused-ring (bicyclic) bond motifs is 1. The maximum atomic E-state index is 13.9. The van der Waals surface area contributed by atoms with Crippen LogP contribution in [-0.2, 0) is 31.9 Å². The van der Waals surface area contributed by atoms with Crippen molar-refractivity contribution < 1.29 is 46.5 Å². The third-order valence-electron chi connectivity index (χ3n) is 11.8. The average molecular weight is 859 g/mol. The summed E-state index contributed by atoms with van der Waals surface area (Å²) in [5.41, 5.74) is 4.81. The SMILES string of the molecule is CC(C)[Si](OCCN1C(=O)COc2ccc(COC3CN(C(=O)OCc4ccccc4)CCC3c3ccc(OCCCOc4cc(F)ccc4F)cc3)cc21)(C(C)C)C(C)C. The van der Waals surface area contributed by atoms with E-state index in [-0.39, 0.29) is 50.1 Å². The summed E-state index contributed by atoms with van der Waals surface area (Å²) in [6.07, 6.45) is 0.348. The van der Waals surface area contributed by atoms with E-state index in [1.807, 2.05) is 72.8 Å². The monoisotopic (exact) mass is 858 g/mol. The number of piperidine rings is 1. The maximum Gasteiger partial charge on any atom is 0.410 e. The van der Waals surface area contributed by atoms with Gasteiger partial charge in [0.25, 0.3) is 5.91 Å². The van der Waals surface area contributed by atoms with Crippen LogP contribution in [0.5, 0.6) is 17.2 Å². The van der Waals surface area contributed by atoms with Gasteiger partial charge < -0.3 is 37.9 Å². The first-order valence-electron chi connectivity index (χ1n) is 21.4. The van der Waals surface area contributed by atoms with Gasteiger partial charge >= 0.3 is 6.09 Å². The molecule has 13 heteroatoms. The zero-order valence-corrected chi connectivity index (χ0v) is 37.2. The van der Waals surface area contributed by atoms with Crippen LogP contribution in [0.15, 0.2) is 91.0 Å². The molecule has 1 saturated heterocycles. The summed E-state index contributed by atoms with van der Waals surface area (Å²) in [5.74, 6) is -0.158. The van der Waals surface area contributed by atoms with Gasteiger partial charge in [0.15, 0.2) is 26.5 Å². The van der Waals surface area contributed by atoms with Crippen LogP contribution in [0, 0.1) is 11.6 Å². The number of ether oxygens (including phenoxy) is 5. The minimum absolute atomic E-state index is 0.0278. The summed E-state index contributed by atoms with van der Waals surface area (Å²) in [7, 11) is -2.12. The molecule has 2 aliphatic heterocycles. The van der Waals surface area contributed by atoms with Crippen LogP contribution in [0.4, 0.5) is 19.3 Å². The Morgan fingerprint density at radius 1 is 0.820 bits per heavy atom. The van der Waals surface area contributed by atoms with Crippen molar-refractivity contribution >= 4 is 26.0 Å². The molecule has 2 amide bonds. The third-order valence-corrected chi connectivity index (χ3v) is 18.0. The van der Waals surface area contributed by atoms with Crippen LogP contribution in [0.1, 0.15) is 77.0 Å². The number of hydrogen-bond acceptors (Lipinski definition) is 8. The molecule has 0 saturated carbocycles. The molecule has 2 unspecified atom stereocenters. The van der Waals surface area contributed by atoms with Gasteiger partial charge in [0.1, 0.15) is 23.9 Å². The Morgan fingerprint density at radius 2 is 1.54 bits per heavy atom. The average Bonchev–Trinajstić information content (AvgIpc) is 3.25. The van der Waals surface area contributed by atoms with Gasteiger partial charge in [0.2, 0.25) is 0 Å². The number of carbonyl (C=O) groups is 2. The van der Waals surface area contributed by atoms with Gasteiger partial charge in [-0.3, -0.25) is 4.79 Å². The number of nitrogens with zero attached hydrogens (tertiary/aromatic N) is 2. The molecule has 6 rings (SSSR count). The van der Waals surface area contributed by atoms with Gasteiger partial charge in [-0.1, -0.05) is 90.1 Å². The van der Waals surface area contributed by atoms with Crippen LogP contribution in [-0.4, -0.2) is 77.4 Å². The second-order valence-corrected chi connectivity index (χ2v) is 22.2. The smallest absolute Gasteiger partial charge is 0.410 e. The van der Waals surface area contributed by atoms with Crippen LogP contribution >= 0.6 is 0 Å². The Hall–Kier alpha value is -4.98. The Balaban J connectivity index is 1.12. The van der Waals surface area contributed by atoms with Gasteiger partial charge in [-0.15, -0.1) is 0 Å². The summed E-state index contributed by atoms with van der Waals surface area (Å²) in [6.45, 7) is 16.1. The molecule has 2 aliphatic rings. The second-order valence-electron chi connectivity index (χ2n) is 16.7. The van der Waals surface area contributed by atoms with E-state index in [2.05, 4.69) is 41.5 Å². The molecule has 0 radical (unpaired) electrons. The number of carbonyl (C=O) groups excluding carboxylic acids is 2. The van der Waals surface area contributed by atoms with E-state index in [1.54, 1.807) is 9.80 Å². The number of benzene rings is 4. The lowest BCUT2D eigenvalue weighted by molar-refractivity contribution is -0.121. The fourth-order valence-corrected chi connectivity index (χ4v) is 14.3. The van der Waals surface area contributed by atoms with Gasteiger partial charge in [-0.05, 0) is 76.1 Å². The zero-order valence-electron chi connectivity index (χ0n) is 36.2. The van der Waals surface area contributed by atoms with Crippen LogP contribution in [0.25, 0.3) is 0 Å². The van der Waals surface area contributed by atoms with Crippen molar-refractivity contribution in [2.75, 3.05) is 51.0 Å². The number of amides is 2. The van der Waals surface area contributed by atoms with E-state index < -0.39 is 26.0 Å². The molecule has 0 spiro atoms. The highest BCUT2D eigenvalue weighted by atomic mass is 28.4. The third kappa shape index (κ3) is 11.5. The Morgan fingerprint density at radius 3 is 2.26 bits per heavy atom. The first-order valence-corrected chi connectivity index (χ1v) is 23.6. The molecule has 0 N–H and O–H groups in total. The molecular weight excluding hydrogens is 799 g/mol. The Labute approximate surface area is 360 Å². The zero-order chi connectivity index (χ0) is 43.5. The van der Waals surface area contributed by atoms with Gasteiger partial charge in [0.05, 0.1) is 44.8 Å². The quantitative estimate of drug-likeness (QED) is 0.0680. The predicted molar refractivity (Wildman–Crippen MR) is 234 cm³/mol. The summed E-state index contributed by atoms with van der Waals surface area (Å²) in [6, 6.07) is 26.3. The van der Waals surface area contributed by atoms with E-state index >= 15 is 0 Å². The summed E-state index contributed by atoms with van der Waals surface area (Å²) >= 11 is 0. The Bertz CT molecular complexity index is 2030. The molecular formula is C48H60F2N2O8Si. The topological polar surface area (TPSA) is 96.0 Å². The van der Waals surface area contributed by atoms with E-state index in [4.69, 9.17) is 28.1 Å². The lowest BCUT2D eigenvalue weighted by Gasteiger charge is -2.42. The highest BCUT2D eigenvalue weighted by molar-refractivity contribution is 6.77. The largest absolute Gasteiger partial charge is 0.493 e. The molecule has 2 heterocycles.